The molecule has 0 bridgehead atoms. The van der Waals surface area contributed by atoms with Gasteiger partial charge in [-0.1, -0.05) is 23.4 Å². The van der Waals surface area contributed by atoms with Crippen LogP contribution in [0.4, 0.5) is 13.2 Å². The molecule has 1 heterocycles. The number of nitrogens with two attached hydrogens (primary N) is 1. The Kier molecular flexibility index (Phi) is 3.33. The fraction of sp³-hybridized carbons (Fsp3) is 0.273. The fourth-order valence-corrected chi connectivity index (χ4v) is 1.57. The molecule has 0 spiro atoms. The van der Waals surface area contributed by atoms with E-state index in [4.69, 9.17) is 5.73 Å². The van der Waals surface area contributed by atoms with E-state index in [1.54, 1.807) is 30.3 Å². The highest BCUT2D eigenvalue weighted by Gasteiger charge is 2.41. The van der Waals surface area contributed by atoms with E-state index in [0.717, 1.165) is 0 Å². The standard InChI is InChI=1S/C11H11F3N4/c12-11(13,14)9(6-15)10-7-18(17-16-10)8-4-2-1-3-5-8/h1-5,7,9H,6,15H2. The smallest absolute Gasteiger partial charge is 0.329 e. The van der Waals surface area contributed by atoms with E-state index in [0.29, 0.717) is 5.69 Å². The number of para-hydroxylation sites is 1. The molecule has 1 atom stereocenters. The van der Waals surface area contributed by atoms with E-state index in [1.807, 2.05) is 0 Å². The summed E-state index contributed by atoms with van der Waals surface area (Å²) in [6.45, 7) is -0.545. The van der Waals surface area contributed by atoms with Crippen LogP contribution in [0.25, 0.3) is 5.69 Å². The Morgan fingerprint density at radius 2 is 1.89 bits per heavy atom. The van der Waals surface area contributed by atoms with E-state index in [-0.39, 0.29) is 5.69 Å². The molecule has 0 fully saturated rings. The Bertz CT molecular complexity index is 507. The van der Waals surface area contributed by atoms with Gasteiger partial charge >= 0.3 is 6.18 Å². The van der Waals surface area contributed by atoms with Crippen LogP contribution in [0.3, 0.4) is 0 Å². The largest absolute Gasteiger partial charge is 0.398 e. The topological polar surface area (TPSA) is 56.7 Å². The molecule has 0 aliphatic rings. The van der Waals surface area contributed by atoms with Crippen molar-refractivity contribution in [2.45, 2.75) is 12.1 Å². The molecule has 1 unspecified atom stereocenters. The molecule has 1 aromatic heterocycles. The molecule has 2 rings (SSSR count). The van der Waals surface area contributed by atoms with Gasteiger partial charge in [0.2, 0.25) is 0 Å². The van der Waals surface area contributed by atoms with Gasteiger partial charge in [0, 0.05) is 6.54 Å². The molecule has 0 aliphatic carbocycles. The van der Waals surface area contributed by atoms with Gasteiger partial charge in [-0.25, -0.2) is 4.68 Å². The molecule has 1 aromatic carbocycles. The van der Waals surface area contributed by atoms with Crippen LogP contribution in [0.15, 0.2) is 36.5 Å². The molecule has 0 radical (unpaired) electrons. The van der Waals surface area contributed by atoms with Crippen LogP contribution in [-0.2, 0) is 0 Å². The van der Waals surface area contributed by atoms with Crippen molar-refractivity contribution >= 4 is 0 Å². The van der Waals surface area contributed by atoms with Gasteiger partial charge in [0.25, 0.3) is 0 Å². The van der Waals surface area contributed by atoms with Crippen LogP contribution in [0.1, 0.15) is 11.6 Å². The van der Waals surface area contributed by atoms with Gasteiger partial charge in [-0.3, -0.25) is 0 Å². The number of hydrogen-bond acceptors (Lipinski definition) is 3. The summed E-state index contributed by atoms with van der Waals surface area (Å²) in [6.07, 6.45) is -3.16. The van der Waals surface area contributed by atoms with Crippen molar-refractivity contribution < 1.29 is 13.2 Å². The van der Waals surface area contributed by atoms with E-state index in [1.165, 1.54) is 10.9 Å². The predicted molar refractivity (Wildman–Crippen MR) is 59.2 cm³/mol. The lowest BCUT2D eigenvalue weighted by Crippen LogP contribution is -2.28. The molecule has 0 saturated carbocycles. The molecule has 0 aliphatic heterocycles. The Hall–Kier alpha value is -1.89. The molecule has 0 saturated heterocycles. The molecule has 2 N–H and O–H groups in total. The second-order valence-corrected chi connectivity index (χ2v) is 3.75. The predicted octanol–water partition coefficient (Wildman–Crippen LogP) is 1.87. The van der Waals surface area contributed by atoms with Gasteiger partial charge in [-0.2, -0.15) is 13.2 Å². The summed E-state index contributed by atoms with van der Waals surface area (Å²) in [5.74, 6) is -1.78. The van der Waals surface area contributed by atoms with Gasteiger partial charge < -0.3 is 5.73 Å². The van der Waals surface area contributed by atoms with E-state index >= 15 is 0 Å². The first-order valence-corrected chi connectivity index (χ1v) is 5.27. The molecule has 18 heavy (non-hydrogen) atoms. The zero-order chi connectivity index (χ0) is 13.2. The van der Waals surface area contributed by atoms with Crippen LogP contribution >= 0.6 is 0 Å². The Balaban J connectivity index is 2.31. The lowest BCUT2D eigenvalue weighted by Gasteiger charge is -2.15. The highest BCUT2D eigenvalue weighted by atomic mass is 19.4. The zero-order valence-electron chi connectivity index (χ0n) is 9.30. The van der Waals surface area contributed by atoms with Gasteiger partial charge in [-0.05, 0) is 12.1 Å². The molecule has 96 valence electrons. The van der Waals surface area contributed by atoms with Crippen molar-refractivity contribution in [3.8, 4) is 5.69 Å². The van der Waals surface area contributed by atoms with Gasteiger partial charge in [0.15, 0.2) is 0 Å². The average Bonchev–Trinajstić information content (AvgIpc) is 2.78. The fourth-order valence-electron chi connectivity index (χ4n) is 1.57. The lowest BCUT2D eigenvalue weighted by molar-refractivity contribution is -0.148. The van der Waals surface area contributed by atoms with Gasteiger partial charge in [-0.15, -0.1) is 5.10 Å². The van der Waals surface area contributed by atoms with Crippen molar-refractivity contribution in [2.75, 3.05) is 6.54 Å². The number of hydrogen-bond donors (Lipinski definition) is 1. The maximum absolute atomic E-state index is 12.7. The molecular weight excluding hydrogens is 245 g/mol. The number of alkyl halides is 3. The summed E-state index contributed by atoms with van der Waals surface area (Å²) in [5.41, 5.74) is 5.62. The van der Waals surface area contributed by atoms with E-state index in [9.17, 15) is 13.2 Å². The van der Waals surface area contributed by atoms with Crippen molar-refractivity contribution in [1.29, 1.82) is 0 Å². The third kappa shape index (κ3) is 2.51. The third-order valence-corrected chi connectivity index (χ3v) is 2.52. The maximum Gasteiger partial charge on any atom is 0.398 e. The van der Waals surface area contributed by atoms with Crippen molar-refractivity contribution in [1.82, 2.24) is 15.0 Å². The number of halogens is 3. The quantitative estimate of drug-likeness (QED) is 0.912. The summed E-state index contributed by atoms with van der Waals surface area (Å²) >= 11 is 0. The normalized spacial score (nSPS) is 13.6. The van der Waals surface area contributed by atoms with Crippen LogP contribution < -0.4 is 5.73 Å². The molecule has 0 amide bonds. The van der Waals surface area contributed by atoms with Gasteiger partial charge in [0.1, 0.15) is 5.92 Å². The average molecular weight is 256 g/mol. The highest BCUT2D eigenvalue weighted by molar-refractivity contribution is 5.30. The molecule has 2 aromatic rings. The summed E-state index contributed by atoms with van der Waals surface area (Å²) in [7, 11) is 0. The minimum Gasteiger partial charge on any atom is -0.329 e. The first kappa shape index (κ1) is 12.6. The Morgan fingerprint density at radius 1 is 1.22 bits per heavy atom. The SMILES string of the molecule is NCC(c1cn(-c2ccccc2)nn1)C(F)(F)F. The maximum atomic E-state index is 12.7. The second-order valence-electron chi connectivity index (χ2n) is 3.75. The van der Waals surface area contributed by atoms with Gasteiger partial charge in [0.05, 0.1) is 17.6 Å². The summed E-state index contributed by atoms with van der Waals surface area (Å²) < 4.78 is 39.3. The van der Waals surface area contributed by atoms with Crippen molar-refractivity contribution in [3.05, 3.63) is 42.2 Å². The van der Waals surface area contributed by atoms with E-state index < -0.39 is 18.6 Å². The number of rotatable bonds is 3. The molecular formula is C11H11F3N4. The lowest BCUT2D eigenvalue weighted by atomic mass is 10.1. The number of benzene rings is 1. The summed E-state index contributed by atoms with van der Waals surface area (Å²) in [6, 6.07) is 8.79. The summed E-state index contributed by atoms with van der Waals surface area (Å²) in [4.78, 5) is 0. The van der Waals surface area contributed by atoms with Crippen LogP contribution in [0.5, 0.6) is 0 Å². The van der Waals surface area contributed by atoms with E-state index in [2.05, 4.69) is 10.3 Å². The molecule has 7 heteroatoms. The Labute approximate surface area is 101 Å². The number of nitrogens with zero attached hydrogens (tertiary/aromatic N) is 3. The number of aromatic nitrogens is 3. The zero-order valence-corrected chi connectivity index (χ0v) is 9.30. The van der Waals surface area contributed by atoms with Crippen LogP contribution in [0.2, 0.25) is 0 Å². The van der Waals surface area contributed by atoms with Crippen molar-refractivity contribution in [2.24, 2.45) is 5.73 Å². The molecule has 4 nitrogen and oxygen atoms in total. The second kappa shape index (κ2) is 4.77. The highest BCUT2D eigenvalue weighted by Crippen LogP contribution is 2.32. The first-order valence-electron chi connectivity index (χ1n) is 5.27. The monoisotopic (exact) mass is 256 g/mol. The van der Waals surface area contributed by atoms with Crippen LogP contribution in [0, 0.1) is 0 Å². The summed E-state index contributed by atoms with van der Waals surface area (Å²) in [5, 5.41) is 7.22. The third-order valence-electron chi connectivity index (χ3n) is 2.52. The first-order chi connectivity index (χ1) is 8.52. The minimum atomic E-state index is -4.41. The van der Waals surface area contributed by atoms with Crippen molar-refractivity contribution in [3.63, 3.8) is 0 Å². The Morgan fingerprint density at radius 3 is 2.44 bits per heavy atom. The van der Waals surface area contributed by atoms with Crippen LogP contribution in [-0.4, -0.2) is 27.7 Å². The minimum absolute atomic E-state index is 0.172.